The van der Waals surface area contributed by atoms with E-state index in [2.05, 4.69) is 0 Å². The third kappa shape index (κ3) is 2.87. The summed E-state index contributed by atoms with van der Waals surface area (Å²) in [7, 11) is 3.38. The lowest BCUT2D eigenvalue weighted by Gasteiger charge is -2.11. The number of aryl methyl sites for hydroxylation is 1. The van der Waals surface area contributed by atoms with Gasteiger partial charge in [-0.25, -0.2) is 9.97 Å². The summed E-state index contributed by atoms with van der Waals surface area (Å²) >= 11 is 0. The standard InChI is InChI=1S/C26H22N4O2/c1-5-6-16-9-13-18(14-10-16)20-22-24(30(4)26(20)32)27-21-19(17-11-7-15(2)8-12-17)25(31)29(3)23(21)28-22/h5-14H,1-4H3/b6-5+. The number of likely N-dealkylation sites (N-methyl/N-ethyl adjacent to an activating group) is 2. The number of nitrogens with zero attached hydrogens (tertiary/aromatic N) is 4. The molecule has 0 N–H and O–H groups in total. The number of hydrogen-bond donors (Lipinski definition) is 0. The Bertz CT molecular complexity index is 1430. The minimum atomic E-state index is -0.159. The van der Waals surface area contributed by atoms with Crippen molar-refractivity contribution in [3.05, 3.63) is 87.6 Å². The third-order valence-corrected chi connectivity index (χ3v) is 5.90. The summed E-state index contributed by atoms with van der Waals surface area (Å²) in [5, 5.41) is 1.00. The molecule has 3 heterocycles. The fraction of sp³-hybridized carbons (Fsp3) is 0.154. The largest absolute Gasteiger partial charge is 0.294 e. The Morgan fingerprint density at radius 1 is 0.719 bits per heavy atom. The molecule has 1 aromatic heterocycles. The average molecular weight is 422 g/mol. The number of benzene rings is 2. The van der Waals surface area contributed by atoms with E-state index in [1.54, 1.807) is 14.1 Å². The van der Waals surface area contributed by atoms with Crippen LogP contribution in [0.5, 0.6) is 0 Å². The quantitative estimate of drug-likeness (QED) is 0.649. The Morgan fingerprint density at radius 3 is 1.59 bits per heavy atom. The zero-order valence-electron chi connectivity index (χ0n) is 18.4. The molecule has 3 aromatic rings. The van der Waals surface area contributed by atoms with Crippen LogP contribution >= 0.6 is 0 Å². The van der Waals surface area contributed by atoms with Crippen molar-refractivity contribution in [1.29, 1.82) is 0 Å². The van der Waals surface area contributed by atoms with Crippen LogP contribution in [0.4, 0.5) is 11.6 Å². The fourth-order valence-electron chi connectivity index (χ4n) is 4.15. The van der Waals surface area contributed by atoms with Crippen LogP contribution < -0.4 is 20.5 Å². The van der Waals surface area contributed by atoms with Crippen molar-refractivity contribution in [2.45, 2.75) is 13.8 Å². The normalized spacial score (nSPS) is 15.2. The molecule has 6 nitrogen and oxygen atoms in total. The predicted octanol–water partition coefficient (Wildman–Crippen LogP) is 2.17. The van der Waals surface area contributed by atoms with Gasteiger partial charge in [0.2, 0.25) is 0 Å². The van der Waals surface area contributed by atoms with Crippen LogP contribution in [0.25, 0.3) is 17.2 Å². The van der Waals surface area contributed by atoms with Crippen molar-refractivity contribution in [1.82, 2.24) is 9.97 Å². The molecule has 0 radical (unpaired) electrons. The van der Waals surface area contributed by atoms with E-state index in [9.17, 15) is 9.59 Å². The summed E-state index contributed by atoms with van der Waals surface area (Å²) in [5.74, 6) is 0.622. The van der Waals surface area contributed by atoms with Crippen molar-refractivity contribution in [3.8, 4) is 0 Å². The minimum absolute atomic E-state index is 0.154. The van der Waals surface area contributed by atoms with Gasteiger partial charge in [-0.1, -0.05) is 66.2 Å². The van der Waals surface area contributed by atoms with Gasteiger partial charge in [0.05, 0.1) is 11.1 Å². The lowest BCUT2D eigenvalue weighted by atomic mass is 10.0. The van der Waals surface area contributed by atoms with Crippen molar-refractivity contribution in [2.75, 3.05) is 23.9 Å². The van der Waals surface area contributed by atoms with Crippen LogP contribution in [0.15, 0.2) is 54.6 Å². The first kappa shape index (κ1) is 19.9. The van der Waals surface area contributed by atoms with Crippen molar-refractivity contribution in [3.63, 3.8) is 0 Å². The number of amides is 2. The molecule has 2 aliphatic rings. The van der Waals surface area contributed by atoms with Gasteiger partial charge >= 0.3 is 0 Å². The van der Waals surface area contributed by atoms with Crippen LogP contribution in [-0.4, -0.2) is 35.9 Å². The van der Waals surface area contributed by atoms with Gasteiger partial charge in [-0.2, -0.15) is 0 Å². The summed E-state index contributed by atoms with van der Waals surface area (Å²) in [4.78, 5) is 38.8. The van der Waals surface area contributed by atoms with E-state index in [0.717, 1.165) is 22.3 Å². The summed E-state index contributed by atoms with van der Waals surface area (Å²) in [6.45, 7) is 3.96. The first-order chi connectivity index (χ1) is 15.4. The molecule has 0 atom stereocenters. The smallest absolute Gasteiger partial charge is 0.262 e. The summed E-state index contributed by atoms with van der Waals surface area (Å²) in [5.41, 5.74) is 4.73. The van der Waals surface area contributed by atoms with Crippen molar-refractivity contribution >= 4 is 40.7 Å². The molecule has 2 aromatic carbocycles. The van der Waals surface area contributed by atoms with E-state index in [-0.39, 0.29) is 11.8 Å². The fourth-order valence-corrected chi connectivity index (χ4v) is 4.15. The molecule has 0 aliphatic carbocycles. The van der Waals surface area contributed by atoms with E-state index in [1.807, 2.05) is 74.5 Å². The molecular weight excluding hydrogens is 400 g/mol. The van der Waals surface area contributed by atoms with E-state index in [0.29, 0.717) is 33.5 Å². The topological polar surface area (TPSA) is 66.4 Å². The maximum Gasteiger partial charge on any atom is 0.262 e. The summed E-state index contributed by atoms with van der Waals surface area (Å²) in [6, 6.07) is 15.5. The SMILES string of the molecule is C/C=C/c1ccc(C2=c3nc4c(nc3N(C)C2=O)=C(c2ccc(C)cc2)C(=O)N4C)cc1. The number of allylic oxidation sites excluding steroid dienone is 1. The molecule has 2 amide bonds. The second kappa shape index (κ2) is 7.27. The van der Waals surface area contributed by atoms with Gasteiger partial charge in [-0.3, -0.25) is 19.4 Å². The molecule has 158 valence electrons. The Labute approximate surface area is 185 Å². The van der Waals surface area contributed by atoms with Gasteiger partial charge in [-0.05, 0) is 30.5 Å². The highest BCUT2D eigenvalue weighted by Crippen LogP contribution is 2.26. The third-order valence-electron chi connectivity index (χ3n) is 5.90. The number of fused-ring (bicyclic) bond motifs is 2. The highest BCUT2D eigenvalue weighted by Gasteiger charge is 2.35. The second-order valence-electron chi connectivity index (χ2n) is 8.03. The van der Waals surface area contributed by atoms with E-state index in [1.165, 1.54) is 9.80 Å². The summed E-state index contributed by atoms with van der Waals surface area (Å²) < 4.78 is 0. The van der Waals surface area contributed by atoms with Crippen LogP contribution in [0.2, 0.25) is 0 Å². The van der Waals surface area contributed by atoms with Crippen LogP contribution in [0, 0.1) is 6.92 Å². The lowest BCUT2D eigenvalue weighted by Crippen LogP contribution is -2.29. The van der Waals surface area contributed by atoms with Crippen LogP contribution in [-0.2, 0) is 9.59 Å². The van der Waals surface area contributed by atoms with Gasteiger partial charge in [0.25, 0.3) is 11.8 Å². The molecule has 5 rings (SSSR count). The van der Waals surface area contributed by atoms with E-state index in [4.69, 9.17) is 9.97 Å². The Hall–Kier alpha value is -4.06. The van der Waals surface area contributed by atoms with Gasteiger partial charge in [-0.15, -0.1) is 0 Å². The molecule has 2 aliphatic heterocycles. The van der Waals surface area contributed by atoms with Gasteiger partial charge in [0, 0.05) is 14.1 Å². The zero-order valence-corrected chi connectivity index (χ0v) is 18.4. The number of aromatic nitrogens is 2. The molecule has 32 heavy (non-hydrogen) atoms. The maximum absolute atomic E-state index is 13.1. The molecule has 0 saturated heterocycles. The molecule has 0 unspecified atom stereocenters. The first-order valence-electron chi connectivity index (χ1n) is 10.4. The second-order valence-corrected chi connectivity index (χ2v) is 8.03. The Balaban J connectivity index is 1.77. The van der Waals surface area contributed by atoms with Crippen molar-refractivity contribution < 1.29 is 9.59 Å². The number of hydrogen-bond acceptors (Lipinski definition) is 4. The first-order valence-corrected chi connectivity index (χ1v) is 10.4. The van der Waals surface area contributed by atoms with E-state index < -0.39 is 0 Å². The highest BCUT2D eigenvalue weighted by atomic mass is 16.2. The monoisotopic (exact) mass is 422 g/mol. The van der Waals surface area contributed by atoms with Crippen LogP contribution in [0.3, 0.4) is 0 Å². The number of rotatable bonds is 3. The van der Waals surface area contributed by atoms with Crippen molar-refractivity contribution in [2.24, 2.45) is 0 Å². The number of anilines is 2. The number of carbonyl (C=O) groups excluding carboxylic acids is 2. The minimum Gasteiger partial charge on any atom is -0.294 e. The van der Waals surface area contributed by atoms with E-state index >= 15 is 0 Å². The lowest BCUT2D eigenvalue weighted by molar-refractivity contribution is -0.113. The Kier molecular flexibility index (Phi) is 4.51. The van der Waals surface area contributed by atoms with Gasteiger partial charge < -0.3 is 0 Å². The molecule has 0 spiro atoms. The predicted molar refractivity (Wildman–Crippen MR) is 125 cm³/mol. The number of carbonyl (C=O) groups is 2. The summed E-state index contributed by atoms with van der Waals surface area (Å²) in [6.07, 6.45) is 3.97. The molecule has 0 bridgehead atoms. The molecule has 6 heteroatoms. The Morgan fingerprint density at radius 2 is 1.16 bits per heavy atom. The highest BCUT2D eigenvalue weighted by molar-refractivity contribution is 6.30. The molecular formula is C26H22N4O2. The maximum atomic E-state index is 13.1. The average Bonchev–Trinajstić information content (AvgIpc) is 3.18. The zero-order chi connectivity index (χ0) is 22.6. The molecule has 0 saturated carbocycles. The molecule has 0 fully saturated rings. The van der Waals surface area contributed by atoms with Gasteiger partial charge in [0.1, 0.15) is 10.7 Å². The van der Waals surface area contributed by atoms with Gasteiger partial charge in [0.15, 0.2) is 11.6 Å². The van der Waals surface area contributed by atoms with Crippen LogP contribution in [0.1, 0.15) is 29.2 Å².